The Morgan fingerprint density at radius 1 is 1.16 bits per heavy atom. The molecule has 0 aromatic heterocycles. The van der Waals surface area contributed by atoms with Crippen LogP contribution in [0, 0.1) is 0 Å². The van der Waals surface area contributed by atoms with E-state index in [1.807, 2.05) is 51.1 Å². The number of aliphatic imine (C=N–C) groups is 1. The van der Waals surface area contributed by atoms with E-state index in [-0.39, 0.29) is 11.8 Å². The molecule has 0 bridgehead atoms. The molecule has 2 aliphatic rings. The number of halogens is 1. The number of likely N-dealkylation sites (N-methyl/N-ethyl adjacent to an activating group) is 1. The number of hydrogen-bond donors (Lipinski definition) is 0. The van der Waals surface area contributed by atoms with Crippen LogP contribution in [0.25, 0.3) is 6.08 Å². The smallest absolute Gasteiger partial charge is 0.266 e. The first kappa shape index (κ1) is 28.2. The minimum atomic E-state index is -0.114. The largest absolute Gasteiger partial charge is 0.490 e. The topological polar surface area (TPSA) is 80.7 Å². The van der Waals surface area contributed by atoms with Gasteiger partial charge < -0.3 is 19.1 Å². The maximum atomic E-state index is 13.2. The molecular weight excluding hydrogens is 570 g/mol. The van der Waals surface area contributed by atoms with Gasteiger partial charge in [0.1, 0.15) is 0 Å². The highest BCUT2D eigenvalue weighted by molar-refractivity contribution is 9.10. The summed E-state index contributed by atoms with van der Waals surface area (Å²) < 4.78 is 17.8. The molecule has 38 heavy (non-hydrogen) atoms. The number of carbonyl (C=O) groups excluding carboxylic acids is 2. The Balaban J connectivity index is 1.60. The van der Waals surface area contributed by atoms with Gasteiger partial charge in [-0.3, -0.25) is 14.5 Å². The summed E-state index contributed by atoms with van der Waals surface area (Å²) in [7, 11) is 0. The summed E-state index contributed by atoms with van der Waals surface area (Å²) in [5.74, 6) is 1.13. The van der Waals surface area contributed by atoms with Gasteiger partial charge in [-0.2, -0.15) is 0 Å². The first-order valence-corrected chi connectivity index (χ1v) is 14.4. The third kappa shape index (κ3) is 6.59. The lowest BCUT2D eigenvalue weighted by molar-refractivity contribution is -0.122. The minimum absolute atomic E-state index is 0.0412. The predicted molar refractivity (Wildman–Crippen MR) is 154 cm³/mol. The number of rotatable bonds is 9. The van der Waals surface area contributed by atoms with Crippen LogP contribution in [0.1, 0.15) is 43.1 Å². The molecule has 2 amide bonds. The number of amides is 2. The van der Waals surface area contributed by atoms with Gasteiger partial charge >= 0.3 is 0 Å². The van der Waals surface area contributed by atoms with Crippen LogP contribution in [-0.4, -0.2) is 72.8 Å². The molecule has 2 saturated heterocycles. The van der Waals surface area contributed by atoms with Crippen molar-refractivity contribution in [2.45, 2.75) is 27.2 Å². The van der Waals surface area contributed by atoms with Gasteiger partial charge in [-0.1, -0.05) is 13.0 Å². The van der Waals surface area contributed by atoms with E-state index >= 15 is 0 Å². The average molecular weight is 603 g/mol. The van der Waals surface area contributed by atoms with Crippen LogP contribution in [-0.2, 0) is 9.53 Å². The van der Waals surface area contributed by atoms with Gasteiger partial charge in [0.05, 0.1) is 41.5 Å². The molecule has 0 atom stereocenters. The molecule has 2 aromatic carbocycles. The van der Waals surface area contributed by atoms with E-state index in [1.54, 1.807) is 21.9 Å². The molecule has 0 unspecified atom stereocenters. The number of hydrogen-bond acceptors (Lipinski definition) is 7. The number of morpholine rings is 1. The third-order valence-corrected chi connectivity index (χ3v) is 7.50. The third-order valence-electron chi connectivity index (χ3n) is 5.90. The van der Waals surface area contributed by atoms with E-state index in [2.05, 4.69) is 15.9 Å². The zero-order valence-electron chi connectivity index (χ0n) is 21.9. The zero-order valence-corrected chi connectivity index (χ0v) is 24.3. The molecule has 202 valence electrons. The van der Waals surface area contributed by atoms with Crippen LogP contribution < -0.4 is 9.47 Å². The first-order chi connectivity index (χ1) is 18.4. The van der Waals surface area contributed by atoms with Crippen molar-refractivity contribution in [3.63, 3.8) is 0 Å². The maximum absolute atomic E-state index is 13.2. The molecule has 0 saturated carbocycles. The SMILES string of the molecule is CCCOc1c(Br)cc(/C=C2/SC(=Nc3cccc(C(=O)N4CCOCC4)c3)N(CC)C2=O)cc1OCC. The van der Waals surface area contributed by atoms with Crippen molar-refractivity contribution < 1.29 is 23.8 Å². The van der Waals surface area contributed by atoms with Gasteiger partial charge in [-0.25, -0.2) is 4.99 Å². The number of ether oxygens (including phenoxy) is 3. The summed E-state index contributed by atoms with van der Waals surface area (Å²) in [6, 6.07) is 11.0. The Kier molecular flexibility index (Phi) is 9.87. The Bertz CT molecular complexity index is 1240. The number of benzene rings is 2. The molecule has 10 heteroatoms. The summed E-state index contributed by atoms with van der Waals surface area (Å²) >= 11 is 4.91. The zero-order chi connectivity index (χ0) is 27.1. The van der Waals surface area contributed by atoms with Crippen molar-refractivity contribution in [1.29, 1.82) is 0 Å². The Morgan fingerprint density at radius 3 is 2.66 bits per heavy atom. The van der Waals surface area contributed by atoms with Gasteiger partial charge in [-0.15, -0.1) is 0 Å². The molecule has 8 nitrogen and oxygen atoms in total. The van der Waals surface area contributed by atoms with Crippen LogP contribution >= 0.6 is 27.7 Å². The second-order valence-corrected chi connectivity index (χ2v) is 10.5. The standard InChI is InChI=1S/C28H32BrN3O5S/c1-4-12-37-25-22(29)15-19(16-23(25)36-6-3)17-24-27(34)32(5-2)28(38-24)30-21-9-7-8-20(18-21)26(33)31-10-13-35-14-11-31/h7-9,15-18H,4-6,10-14H2,1-3H3/b24-17+,30-28?. The normalized spacial score (nSPS) is 17.9. The molecule has 2 fully saturated rings. The molecule has 2 aromatic rings. The highest BCUT2D eigenvalue weighted by atomic mass is 79.9. The number of amidine groups is 1. The fraction of sp³-hybridized carbons (Fsp3) is 0.393. The van der Waals surface area contributed by atoms with E-state index in [4.69, 9.17) is 19.2 Å². The Hall–Kier alpha value is -2.82. The fourth-order valence-electron chi connectivity index (χ4n) is 4.07. The summed E-state index contributed by atoms with van der Waals surface area (Å²) in [5, 5.41) is 0.576. The van der Waals surface area contributed by atoms with Crippen molar-refractivity contribution in [3.05, 3.63) is 56.9 Å². The number of thioether (sulfide) groups is 1. The molecule has 2 heterocycles. The van der Waals surface area contributed by atoms with E-state index in [0.29, 0.717) is 78.9 Å². The van der Waals surface area contributed by atoms with Crippen molar-refractivity contribution in [3.8, 4) is 11.5 Å². The summed E-state index contributed by atoms with van der Waals surface area (Å²) in [4.78, 5) is 34.9. The predicted octanol–water partition coefficient (Wildman–Crippen LogP) is 5.73. The Labute approximate surface area is 236 Å². The van der Waals surface area contributed by atoms with Crippen LogP contribution in [0.2, 0.25) is 0 Å². The molecule has 0 aliphatic carbocycles. The molecule has 4 rings (SSSR count). The molecule has 0 radical (unpaired) electrons. The van der Waals surface area contributed by atoms with Crippen molar-refractivity contribution in [2.24, 2.45) is 4.99 Å². The quantitative estimate of drug-likeness (QED) is 0.341. The van der Waals surface area contributed by atoms with Crippen molar-refractivity contribution >= 4 is 56.4 Å². The molecular formula is C28H32BrN3O5S. The minimum Gasteiger partial charge on any atom is -0.490 e. The highest BCUT2D eigenvalue weighted by Gasteiger charge is 2.32. The van der Waals surface area contributed by atoms with Gasteiger partial charge in [-0.05, 0) is 89.9 Å². The van der Waals surface area contributed by atoms with Crippen molar-refractivity contribution in [2.75, 3.05) is 46.1 Å². The summed E-state index contributed by atoms with van der Waals surface area (Å²) in [6.07, 6.45) is 2.72. The maximum Gasteiger partial charge on any atom is 0.266 e. The van der Waals surface area contributed by atoms with E-state index in [0.717, 1.165) is 16.5 Å². The molecule has 0 N–H and O–H groups in total. The van der Waals surface area contributed by atoms with Gasteiger partial charge in [0.15, 0.2) is 16.7 Å². The fourth-order valence-corrected chi connectivity index (χ4v) is 5.70. The average Bonchev–Trinajstić information content (AvgIpc) is 3.21. The van der Waals surface area contributed by atoms with Crippen LogP contribution in [0.4, 0.5) is 5.69 Å². The van der Waals surface area contributed by atoms with Crippen molar-refractivity contribution in [1.82, 2.24) is 9.80 Å². The second kappa shape index (κ2) is 13.3. The first-order valence-electron chi connectivity index (χ1n) is 12.8. The second-order valence-electron chi connectivity index (χ2n) is 8.62. The monoisotopic (exact) mass is 601 g/mol. The van der Waals surface area contributed by atoms with Gasteiger partial charge in [0, 0.05) is 25.2 Å². The van der Waals surface area contributed by atoms with Gasteiger partial charge in [0.2, 0.25) is 0 Å². The van der Waals surface area contributed by atoms with Crippen LogP contribution in [0.3, 0.4) is 0 Å². The lowest BCUT2D eigenvalue weighted by Crippen LogP contribution is -2.40. The number of carbonyl (C=O) groups is 2. The molecule has 0 spiro atoms. The van der Waals surface area contributed by atoms with Crippen LogP contribution in [0.5, 0.6) is 11.5 Å². The van der Waals surface area contributed by atoms with Gasteiger partial charge in [0.25, 0.3) is 11.8 Å². The summed E-state index contributed by atoms with van der Waals surface area (Å²) in [6.45, 7) is 9.68. The number of nitrogens with zero attached hydrogens (tertiary/aromatic N) is 3. The molecule has 2 aliphatic heterocycles. The Morgan fingerprint density at radius 2 is 1.95 bits per heavy atom. The van der Waals surface area contributed by atoms with E-state index in [9.17, 15) is 9.59 Å². The lowest BCUT2D eigenvalue weighted by Gasteiger charge is -2.26. The van der Waals surface area contributed by atoms with E-state index in [1.165, 1.54) is 11.8 Å². The summed E-state index contributed by atoms with van der Waals surface area (Å²) in [5.41, 5.74) is 2.01. The lowest BCUT2D eigenvalue weighted by atomic mass is 10.1. The highest BCUT2D eigenvalue weighted by Crippen LogP contribution is 2.40. The van der Waals surface area contributed by atoms with Crippen LogP contribution in [0.15, 0.2) is 50.8 Å². The van der Waals surface area contributed by atoms with E-state index < -0.39 is 0 Å².